The zero-order valence-corrected chi connectivity index (χ0v) is 10.4. The van der Waals surface area contributed by atoms with Crippen LogP contribution in [0, 0.1) is 11.6 Å². The zero-order chi connectivity index (χ0) is 14.0. The van der Waals surface area contributed by atoms with E-state index in [0.717, 1.165) is 24.3 Å². The monoisotopic (exact) mass is 284 g/mol. The van der Waals surface area contributed by atoms with Gasteiger partial charge in [-0.05, 0) is 30.3 Å². The van der Waals surface area contributed by atoms with Crippen molar-refractivity contribution in [3.8, 4) is 0 Å². The minimum absolute atomic E-state index is 0.0707. The van der Waals surface area contributed by atoms with Gasteiger partial charge < -0.3 is 5.73 Å². The maximum absolute atomic E-state index is 13.0. The quantitative estimate of drug-likeness (QED) is 0.850. The molecule has 0 aromatic heterocycles. The molecule has 3 N–H and O–H groups in total. The number of nitrogens with one attached hydrogen (secondary N) is 1. The SMILES string of the molecule is Nc1ccc(F)cc1NS(=O)(=O)c1cccc(F)c1. The van der Waals surface area contributed by atoms with Crippen LogP contribution in [0.5, 0.6) is 0 Å². The highest BCUT2D eigenvalue weighted by atomic mass is 32.2. The highest BCUT2D eigenvalue weighted by Gasteiger charge is 2.16. The molecular weight excluding hydrogens is 274 g/mol. The van der Waals surface area contributed by atoms with Crippen LogP contribution < -0.4 is 10.5 Å². The van der Waals surface area contributed by atoms with E-state index in [4.69, 9.17) is 5.73 Å². The molecule has 4 nitrogen and oxygen atoms in total. The second-order valence-electron chi connectivity index (χ2n) is 3.79. The van der Waals surface area contributed by atoms with Crippen molar-refractivity contribution in [2.75, 3.05) is 10.5 Å². The maximum Gasteiger partial charge on any atom is 0.262 e. The second kappa shape index (κ2) is 4.85. The average Bonchev–Trinajstić information content (AvgIpc) is 2.33. The molecule has 2 rings (SSSR count). The summed E-state index contributed by atoms with van der Waals surface area (Å²) in [7, 11) is -4.01. The van der Waals surface area contributed by atoms with Crippen molar-refractivity contribution < 1.29 is 17.2 Å². The number of hydrogen-bond acceptors (Lipinski definition) is 3. The molecule has 0 radical (unpaired) electrons. The molecule has 0 amide bonds. The summed E-state index contributed by atoms with van der Waals surface area (Å²) in [5, 5.41) is 0. The molecule has 2 aromatic rings. The van der Waals surface area contributed by atoms with Gasteiger partial charge in [0, 0.05) is 6.07 Å². The van der Waals surface area contributed by atoms with Crippen LogP contribution in [-0.4, -0.2) is 8.42 Å². The Morgan fingerprint density at radius 2 is 1.68 bits per heavy atom. The van der Waals surface area contributed by atoms with Gasteiger partial charge in [0.1, 0.15) is 11.6 Å². The van der Waals surface area contributed by atoms with Crippen molar-refractivity contribution in [2.45, 2.75) is 4.90 Å². The molecule has 0 unspecified atom stereocenters. The molecule has 2 aromatic carbocycles. The molecule has 0 spiro atoms. The third kappa shape index (κ3) is 3.00. The predicted molar refractivity (Wildman–Crippen MR) is 68.0 cm³/mol. The molecule has 0 aliphatic rings. The number of nitrogens with two attached hydrogens (primary N) is 1. The number of anilines is 2. The molecule has 0 saturated carbocycles. The van der Waals surface area contributed by atoms with Crippen molar-refractivity contribution in [1.82, 2.24) is 0 Å². The van der Waals surface area contributed by atoms with Gasteiger partial charge in [0.05, 0.1) is 16.3 Å². The average molecular weight is 284 g/mol. The third-order valence-electron chi connectivity index (χ3n) is 2.37. The lowest BCUT2D eigenvalue weighted by atomic mass is 10.3. The molecule has 19 heavy (non-hydrogen) atoms. The fourth-order valence-corrected chi connectivity index (χ4v) is 2.56. The van der Waals surface area contributed by atoms with E-state index in [2.05, 4.69) is 4.72 Å². The first-order valence-electron chi connectivity index (χ1n) is 5.22. The fourth-order valence-electron chi connectivity index (χ4n) is 1.45. The Kier molecular flexibility index (Phi) is 3.39. The molecular formula is C12H10F2N2O2S. The van der Waals surface area contributed by atoms with Crippen LogP contribution in [-0.2, 0) is 10.0 Å². The van der Waals surface area contributed by atoms with Crippen LogP contribution >= 0.6 is 0 Å². The number of sulfonamides is 1. The van der Waals surface area contributed by atoms with Crippen LogP contribution in [0.4, 0.5) is 20.2 Å². The normalized spacial score (nSPS) is 11.3. The van der Waals surface area contributed by atoms with Crippen LogP contribution in [0.1, 0.15) is 0 Å². The first kappa shape index (κ1) is 13.3. The summed E-state index contributed by atoms with van der Waals surface area (Å²) in [6.07, 6.45) is 0. The van der Waals surface area contributed by atoms with Gasteiger partial charge in [-0.2, -0.15) is 0 Å². The van der Waals surface area contributed by atoms with E-state index in [9.17, 15) is 17.2 Å². The van der Waals surface area contributed by atoms with Gasteiger partial charge in [0.2, 0.25) is 0 Å². The van der Waals surface area contributed by atoms with Crippen molar-refractivity contribution in [3.63, 3.8) is 0 Å². The highest BCUT2D eigenvalue weighted by Crippen LogP contribution is 2.23. The number of halogens is 2. The van der Waals surface area contributed by atoms with E-state index in [1.54, 1.807) is 0 Å². The Bertz CT molecular complexity index is 717. The first-order chi connectivity index (χ1) is 8.88. The van der Waals surface area contributed by atoms with Crippen molar-refractivity contribution in [2.24, 2.45) is 0 Å². The van der Waals surface area contributed by atoms with Gasteiger partial charge >= 0.3 is 0 Å². The van der Waals surface area contributed by atoms with Crippen molar-refractivity contribution in [3.05, 3.63) is 54.1 Å². The van der Waals surface area contributed by atoms with Gasteiger partial charge in [0.15, 0.2) is 0 Å². The fraction of sp³-hybridized carbons (Fsp3) is 0. The van der Waals surface area contributed by atoms with E-state index >= 15 is 0 Å². The van der Waals surface area contributed by atoms with E-state index in [-0.39, 0.29) is 16.3 Å². The molecule has 0 heterocycles. The van der Waals surface area contributed by atoms with Crippen LogP contribution in [0.2, 0.25) is 0 Å². The summed E-state index contributed by atoms with van der Waals surface area (Å²) in [5.41, 5.74) is 5.51. The second-order valence-corrected chi connectivity index (χ2v) is 5.48. The number of benzene rings is 2. The summed E-state index contributed by atoms with van der Waals surface area (Å²) in [5.74, 6) is -1.32. The molecule has 0 aliphatic carbocycles. The Balaban J connectivity index is 2.39. The van der Waals surface area contributed by atoms with Crippen LogP contribution in [0.15, 0.2) is 47.4 Å². The third-order valence-corrected chi connectivity index (χ3v) is 3.73. The largest absolute Gasteiger partial charge is 0.397 e. The van der Waals surface area contributed by atoms with Crippen molar-refractivity contribution >= 4 is 21.4 Å². The molecule has 0 aliphatic heterocycles. The molecule has 100 valence electrons. The van der Waals surface area contributed by atoms with Crippen LogP contribution in [0.25, 0.3) is 0 Å². The van der Waals surface area contributed by atoms with Gasteiger partial charge in [-0.1, -0.05) is 6.07 Å². The van der Waals surface area contributed by atoms with Gasteiger partial charge in [-0.3, -0.25) is 4.72 Å². The van der Waals surface area contributed by atoms with E-state index in [1.807, 2.05) is 0 Å². The number of hydrogen-bond donors (Lipinski definition) is 2. The Labute approximate surface area is 108 Å². The summed E-state index contributed by atoms with van der Waals surface area (Å²) in [6, 6.07) is 7.76. The summed E-state index contributed by atoms with van der Waals surface area (Å²) in [4.78, 5) is -0.267. The molecule has 0 atom stereocenters. The summed E-state index contributed by atoms with van der Waals surface area (Å²) in [6.45, 7) is 0. The van der Waals surface area contributed by atoms with E-state index in [1.165, 1.54) is 18.2 Å². The Morgan fingerprint density at radius 3 is 2.37 bits per heavy atom. The van der Waals surface area contributed by atoms with Crippen LogP contribution in [0.3, 0.4) is 0 Å². The first-order valence-corrected chi connectivity index (χ1v) is 6.70. The zero-order valence-electron chi connectivity index (χ0n) is 9.60. The Hall–Kier alpha value is -2.15. The molecule has 7 heteroatoms. The lowest BCUT2D eigenvalue weighted by Crippen LogP contribution is -2.14. The van der Waals surface area contributed by atoms with Crippen molar-refractivity contribution in [1.29, 1.82) is 0 Å². The van der Waals surface area contributed by atoms with E-state index in [0.29, 0.717) is 0 Å². The molecule has 0 fully saturated rings. The highest BCUT2D eigenvalue weighted by molar-refractivity contribution is 7.92. The topological polar surface area (TPSA) is 72.2 Å². The Morgan fingerprint density at radius 1 is 1.00 bits per heavy atom. The van der Waals surface area contributed by atoms with Gasteiger partial charge in [-0.15, -0.1) is 0 Å². The smallest absolute Gasteiger partial charge is 0.262 e. The summed E-state index contributed by atoms with van der Waals surface area (Å²) < 4.78 is 52.1. The molecule has 0 saturated heterocycles. The lowest BCUT2D eigenvalue weighted by molar-refractivity contribution is 0.595. The predicted octanol–water partition coefficient (Wildman–Crippen LogP) is 2.35. The standard InChI is InChI=1S/C12H10F2N2O2S/c13-8-2-1-3-10(6-8)19(17,18)16-12-7-9(14)4-5-11(12)15/h1-7,16H,15H2. The van der Waals surface area contributed by atoms with Gasteiger partial charge in [0.25, 0.3) is 10.0 Å². The van der Waals surface area contributed by atoms with Gasteiger partial charge in [-0.25, -0.2) is 17.2 Å². The molecule has 0 bridgehead atoms. The summed E-state index contributed by atoms with van der Waals surface area (Å²) >= 11 is 0. The number of rotatable bonds is 3. The minimum atomic E-state index is -4.01. The number of nitrogen functional groups attached to an aromatic ring is 1. The van der Waals surface area contributed by atoms with E-state index < -0.39 is 21.7 Å². The maximum atomic E-state index is 13.0. The lowest BCUT2D eigenvalue weighted by Gasteiger charge is -2.10. The minimum Gasteiger partial charge on any atom is -0.397 e.